The van der Waals surface area contributed by atoms with E-state index in [1.54, 1.807) is 0 Å². The van der Waals surface area contributed by atoms with E-state index in [1.807, 2.05) is 10.6 Å². The Balaban J connectivity index is 0.000000140. The predicted molar refractivity (Wildman–Crippen MR) is 43.1 cm³/mol. The summed E-state index contributed by atoms with van der Waals surface area (Å²) >= 11 is 0. The number of hydrogen-bond donors (Lipinski definition) is 4. The minimum absolute atomic E-state index is 0.124. The molecule has 8 nitrogen and oxygen atoms in total. The summed E-state index contributed by atoms with van der Waals surface area (Å²) in [5.41, 5.74) is 0. The standard InChI is InChI=1S/2C3H4N2O2/c2*6-2-1-4-3(7)5-2/h2*1H2,(H2,4,5,6,7). The fourth-order valence-electron chi connectivity index (χ4n) is 0.751. The Kier molecular flexibility index (Phi) is 3.00. The Morgan fingerprint density at radius 1 is 0.714 bits per heavy atom. The largest absolute Gasteiger partial charge is 0.329 e. The van der Waals surface area contributed by atoms with Crippen LogP contribution in [0, 0.1) is 0 Å². The second-order valence-corrected chi connectivity index (χ2v) is 2.46. The fraction of sp³-hybridized carbons (Fsp3) is 0.333. The number of imide groups is 2. The summed E-state index contributed by atoms with van der Waals surface area (Å²) < 4.78 is 0. The van der Waals surface area contributed by atoms with Crippen molar-refractivity contribution in [2.24, 2.45) is 0 Å². The topological polar surface area (TPSA) is 116 Å². The van der Waals surface area contributed by atoms with Gasteiger partial charge in [-0.1, -0.05) is 0 Å². The zero-order valence-corrected chi connectivity index (χ0v) is 7.05. The van der Waals surface area contributed by atoms with Crippen LogP contribution >= 0.6 is 0 Å². The average Bonchev–Trinajstić information content (AvgIpc) is 2.63. The van der Waals surface area contributed by atoms with Gasteiger partial charge in [-0.15, -0.1) is 0 Å². The summed E-state index contributed by atoms with van der Waals surface area (Å²) in [7, 11) is 0. The summed E-state index contributed by atoms with van der Waals surface area (Å²) in [6, 6.07) is -0.796. The van der Waals surface area contributed by atoms with E-state index in [1.165, 1.54) is 0 Å². The maximum absolute atomic E-state index is 10.1. The molecule has 8 heteroatoms. The molecule has 0 aromatic rings. The molecule has 4 N–H and O–H groups in total. The van der Waals surface area contributed by atoms with Gasteiger partial charge in [0.15, 0.2) is 0 Å². The molecule has 76 valence electrons. The third-order valence-corrected chi connectivity index (χ3v) is 1.32. The molecular formula is C6H8N4O4. The Labute approximate surface area is 78.4 Å². The van der Waals surface area contributed by atoms with Crippen molar-refractivity contribution in [1.29, 1.82) is 0 Å². The number of carbonyl (C=O) groups excluding carboxylic acids is 4. The lowest BCUT2D eigenvalue weighted by atomic mass is 10.7. The number of amides is 6. The van der Waals surface area contributed by atoms with Gasteiger partial charge in [-0.25, -0.2) is 9.59 Å². The molecule has 2 saturated heterocycles. The van der Waals surface area contributed by atoms with E-state index < -0.39 is 12.1 Å². The molecule has 0 aromatic carbocycles. The van der Waals surface area contributed by atoms with Crippen LogP contribution in [0.25, 0.3) is 0 Å². The molecule has 2 aliphatic rings. The van der Waals surface area contributed by atoms with Crippen LogP contribution in [0.1, 0.15) is 0 Å². The Morgan fingerprint density at radius 3 is 1.14 bits per heavy atom. The predicted octanol–water partition coefficient (Wildman–Crippen LogP) is -2.35. The van der Waals surface area contributed by atoms with Gasteiger partial charge in [0.2, 0.25) is 11.8 Å². The third-order valence-electron chi connectivity index (χ3n) is 1.32. The van der Waals surface area contributed by atoms with Crippen LogP contribution in [0.15, 0.2) is 0 Å². The molecule has 6 amide bonds. The molecule has 0 spiro atoms. The van der Waals surface area contributed by atoms with E-state index in [9.17, 15) is 19.2 Å². The van der Waals surface area contributed by atoms with Crippen LogP contribution in [0.2, 0.25) is 0 Å². The Hall–Kier alpha value is -2.12. The second-order valence-electron chi connectivity index (χ2n) is 2.46. The van der Waals surface area contributed by atoms with Crippen molar-refractivity contribution in [3.8, 4) is 0 Å². The van der Waals surface area contributed by atoms with Gasteiger partial charge in [0.05, 0.1) is 13.1 Å². The molecule has 0 atom stereocenters. The highest BCUT2D eigenvalue weighted by molar-refractivity contribution is 6.02. The molecule has 0 unspecified atom stereocenters. The Morgan fingerprint density at radius 2 is 1.07 bits per heavy atom. The highest BCUT2D eigenvalue weighted by Crippen LogP contribution is 1.74. The van der Waals surface area contributed by atoms with E-state index in [2.05, 4.69) is 10.6 Å². The van der Waals surface area contributed by atoms with Gasteiger partial charge in [0, 0.05) is 0 Å². The molecule has 2 heterocycles. The van der Waals surface area contributed by atoms with Crippen molar-refractivity contribution in [1.82, 2.24) is 21.3 Å². The lowest BCUT2D eigenvalue weighted by molar-refractivity contribution is -0.118. The summed E-state index contributed by atoms with van der Waals surface area (Å²) in [6.07, 6.45) is 0. The average molecular weight is 200 g/mol. The van der Waals surface area contributed by atoms with Gasteiger partial charge in [-0.3, -0.25) is 20.2 Å². The first-order valence-corrected chi connectivity index (χ1v) is 3.73. The van der Waals surface area contributed by atoms with Gasteiger partial charge in [-0.2, -0.15) is 0 Å². The van der Waals surface area contributed by atoms with Crippen LogP contribution in [0.5, 0.6) is 0 Å². The molecule has 14 heavy (non-hydrogen) atoms. The summed E-state index contributed by atoms with van der Waals surface area (Å²) in [6.45, 7) is 0.248. The summed E-state index contributed by atoms with van der Waals surface area (Å²) in [4.78, 5) is 40.1. The molecule has 2 aliphatic heterocycles. The van der Waals surface area contributed by atoms with E-state index in [0.29, 0.717) is 0 Å². The zero-order valence-electron chi connectivity index (χ0n) is 7.05. The molecule has 2 rings (SSSR count). The number of urea groups is 2. The van der Waals surface area contributed by atoms with Crippen molar-refractivity contribution in [3.05, 3.63) is 0 Å². The van der Waals surface area contributed by atoms with Crippen molar-refractivity contribution in [2.75, 3.05) is 13.1 Å². The van der Waals surface area contributed by atoms with E-state index in [-0.39, 0.29) is 24.9 Å². The monoisotopic (exact) mass is 200 g/mol. The minimum atomic E-state index is -0.398. The molecule has 0 aromatic heterocycles. The van der Waals surface area contributed by atoms with Crippen molar-refractivity contribution < 1.29 is 19.2 Å². The van der Waals surface area contributed by atoms with E-state index in [0.717, 1.165) is 0 Å². The molecule has 0 radical (unpaired) electrons. The molecule has 0 saturated carbocycles. The van der Waals surface area contributed by atoms with Gasteiger partial charge in [0.1, 0.15) is 0 Å². The van der Waals surface area contributed by atoms with E-state index >= 15 is 0 Å². The summed E-state index contributed by atoms with van der Waals surface area (Å²) in [5, 5.41) is 8.59. The number of hydrogen-bond acceptors (Lipinski definition) is 4. The molecular weight excluding hydrogens is 192 g/mol. The van der Waals surface area contributed by atoms with Gasteiger partial charge in [-0.05, 0) is 0 Å². The normalized spacial score (nSPS) is 18.9. The zero-order chi connectivity index (χ0) is 10.6. The molecule has 0 bridgehead atoms. The van der Waals surface area contributed by atoms with E-state index in [4.69, 9.17) is 0 Å². The molecule has 0 aliphatic carbocycles. The van der Waals surface area contributed by atoms with Crippen molar-refractivity contribution >= 4 is 23.9 Å². The number of nitrogens with one attached hydrogen (secondary N) is 4. The van der Waals surface area contributed by atoms with Gasteiger partial charge in [0.25, 0.3) is 0 Å². The SMILES string of the molecule is O=C1CNC(=O)N1.O=C1CNC(=O)N1. The van der Waals surface area contributed by atoms with Crippen LogP contribution in [-0.4, -0.2) is 37.0 Å². The van der Waals surface area contributed by atoms with Gasteiger partial charge < -0.3 is 10.6 Å². The molecule has 2 fully saturated rings. The van der Waals surface area contributed by atoms with Crippen LogP contribution in [0.4, 0.5) is 9.59 Å². The lowest BCUT2D eigenvalue weighted by Gasteiger charge is -1.78. The number of rotatable bonds is 0. The lowest BCUT2D eigenvalue weighted by Crippen LogP contribution is -2.22. The first kappa shape index (κ1) is 9.96. The first-order valence-electron chi connectivity index (χ1n) is 3.73. The third kappa shape index (κ3) is 3.09. The number of carbonyl (C=O) groups is 4. The highest BCUT2D eigenvalue weighted by atomic mass is 16.2. The fourth-order valence-corrected chi connectivity index (χ4v) is 0.751. The van der Waals surface area contributed by atoms with Crippen LogP contribution in [-0.2, 0) is 9.59 Å². The van der Waals surface area contributed by atoms with Crippen LogP contribution in [0.3, 0.4) is 0 Å². The Bertz CT molecular complexity index is 242. The van der Waals surface area contributed by atoms with Gasteiger partial charge >= 0.3 is 12.1 Å². The van der Waals surface area contributed by atoms with Crippen molar-refractivity contribution in [3.63, 3.8) is 0 Å². The van der Waals surface area contributed by atoms with Crippen LogP contribution < -0.4 is 21.3 Å². The summed E-state index contributed by atoms with van der Waals surface area (Å²) in [5.74, 6) is -0.519. The smallest absolute Gasteiger partial charge is 0.321 e. The second kappa shape index (κ2) is 4.21. The minimum Gasteiger partial charge on any atom is -0.329 e. The maximum atomic E-state index is 10.1. The van der Waals surface area contributed by atoms with Crippen molar-refractivity contribution in [2.45, 2.75) is 0 Å². The highest BCUT2D eigenvalue weighted by Gasteiger charge is 2.14. The maximum Gasteiger partial charge on any atom is 0.321 e. The quantitative estimate of drug-likeness (QED) is 0.327. The first-order chi connectivity index (χ1) is 6.58.